The third-order valence-electron chi connectivity index (χ3n) is 3.40. The molecule has 0 bridgehead atoms. The first-order chi connectivity index (χ1) is 8.91. The Morgan fingerprint density at radius 1 is 1.37 bits per heavy atom. The average Bonchev–Trinajstić information content (AvgIpc) is 2.58. The Morgan fingerprint density at radius 2 is 2.05 bits per heavy atom. The molecule has 1 aromatic carbocycles. The molecule has 0 aromatic heterocycles. The molecule has 4 heteroatoms. The number of hydrogen-bond acceptors (Lipinski definition) is 3. The van der Waals surface area contributed by atoms with Crippen molar-refractivity contribution < 1.29 is 9.53 Å². The fraction of sp³-hybridized carbons (Fsp3) is 0.533. The largest absolute Gasteiger partial charge is 0.491 e. The highest BCUT2D eigenvalue weighted by molar-refractivity contribution is 5.98. The highest BCUT2D eigenvalue weighted by Crippen LogP contribution is 2.32. The van der Waals surface area contributed by atoms with E-state index >= 15 is 0 Å². The quantitative estimate of drug-likeness (QED) is 0.844. The molecular formula is C15H22N2O2. The van der Waals surface area contributed by atoms with Crippen LogP contribution >= 0.6 is 0 Å². The zero-order valence-corrected chi connectivity index (χ0v) is 11.8. The summed E-state index contributed by atoms with van der Waals surface area (Å²) in [6.07, 6.45) is 0.817. The molecule has 1 heterocycles. The van der Waals surface area contributed by atoms with Gasteiger partial charge >= 0.3 is 0 Å². The maximum Gasteiger partial charge on any atom is 0.244 e. The summed E-state index contributed by atoms with van der Waals surface area (Å²) in [5, 5.41) is 0. The lowest BCUT2D eigenvalue weighted by molar-refractivity contribution is -0.121. The van der Waals surface area contributed by atoms with Gasteiger partial charge in [0, 0.05) is 6.54 Å². The molecule has 2 rings (SSSR count). The van der Waals surface area contributed by atoms with Gasteiger partial charge in [0.05, 0.1) is 18.3 Å². The van der Waals surface area contributed by atoms with Crippen LogP contribution in [-0.4, -0.2) is 25.1 Å². The van der Waals surface area contributed by atoms with Crippen molar-refractivity contribution in [3.8, 4) is 5.75 Å². The third-order valence-corrected chi connectivity index (χ3v) is 3.40. The van der Waals surface area contributed by atoms with Gasteiger partial charge in [0.2, 0.25) is 5.91 Å². The number of rotatable bonds is 1. The van der Waals surface area contributed by atoms with Crippen molar-refractivity contribution in [3.63, 3.8) is 0 Å². The number of anilines is 1. The summed E-state index contributed by atoms with van der Waals surface area (Å²) < 4.78 is 5.66. The van der Waals surface area contributed by atoms with E-state index in [9.17, 15) is 4.79 Å². The lowest BCUT2D eigenvalue weighted by atomic mass is 9.86. The number of fused-ring (bicyclic) bond motifs is 1. The zero-order chi connectivity index (χ0) is 14.0. The van der Waals surface area contributed by atoms with E-state index in [1.807, 2.05) is 45.0 Å². The smallest absolute Gasteiger partial charge is 0.244 e. The van der Waals surface area contributed by atoms with Crippen LogP contribution in [-0.2, 0) is 4.79 Å². The Kier molecular flexibility index (Phi) is 3.80. The second-order valence-electron chi connectivity index (χ2n) is 6.00. The van der Waals surface area contributed by atoms with E-state index in [2.05, 4.69) is 0 Å². The molecule has 104 valence electrons. The fourth-order valence-corrected chi connectivity index (χ4v) is 2.09. The van der Waals surface area contributed by atoms with Crippen molar-refractivity contribution >= 4 is 11.6 Å². The minimum Gasteiger partial charge on any atom is -0.491 e. The van der Waals surface area contributed by atoms with Crippen LogP contribution in [0.15, 0.2) is 24.3 Å². The SMILES string of the molecule is CC(C)(C)C(N)C(=O)N1CCCOc2ccccc21. The summed E-state index contributed by atoms with van der Waals surface area (Å²) in [5.41, 5.74) is 6.67. The Morgan fingerprint density at radius 3 is 2.74 bits per heavy atom. The number of amides is 1. The predicted octanol–water partition coefficient (Wildman–Crippen LogP) is 2.18. The highest BCUT2D eigenvalue weighted by Gasteiger charge is 2.33. The van der Waals surface area contributed by atoms with Crippen LogP contribution in [0.5, 0.6) is 5.75 Å². The molecule has 1 aliphatic rings. The first-order valence-electron chi connectivity index (χ1n) is 6.70. The van der Waals surface area contributed by atoms with Gasteiger partial charge in [0.25, 0.3) is 0 Å². The summed E-state index contributed by atoms with van der Waals surface area (Å²) >= 11 is 0. The van der Waals surface area contributed by atoms with Gasteiger partial charge in [0.15, 0.2) is 0 Å². The van der Waals surface area contributed by atoms with E-state index in [1.165, 1.54) is 0 Å². The Balaban J connectivity index is 2.32. The van der Waals surface area contributed by atoms with E-state index in [0.29, 0.717) is 13.2 Å². The van der Waals surface area contributed by atoms with Crippen molar-refractivity contribution in [1.82, 2.24) is 0 Å². The van der Waals surface area contributed by atoms with Crippen molar-refractivity contribution in [2.24, 2.45) is 11.1 Å². The monoisotopic (exact) mass is 262 g/mol. The summed E-state index contributed by atoms with van der Waals surface area (Å²) in [4.78, 5) is 14.4. The van der Waals surface area contributed by atoms with E-state index < -0.39 is 6.04 Å². The minimum absolute atomic E-state index is 0.0366. The maximum atomic E-state index is 12.6. The molecular weight excluding hydrogens is 240 g/mol. The second-order valence-corrected chi connectivity index (χ2v) is 6.00. The molecule has 0 saturated carbocycles. The van der Waals surface area contributed by atoms with E-state index in [0.717, 1.165) is 17.9 Å². The van der Waals surface area contributed by atoms with Crippen LogP contribution in [0.4, 0.5) is 5.69 Å². The topological polar surface area (TPSA) is 55.6 Å². The first-order valence-corrected chi connectivity index (χ1v) is 6.70. The highest BCUT2D eigenvalue weighted by atomic mass is 16.5. The maximum absolute atomic E-state index is 12.6. The van der Waals surface area contributed by atoms with E-state index in [1.54, 1.807) is 4.90 Å². The van der Waals surface area contributed by atoms with Crippen molar-refractivity contribution in [3.05, 3.63) is 24.3 Å². The number of carbonyl (C=O) groups is 1. The van der Waals surface area contributed by atoms with Crippen molar-refractivity contribution in [1.29, 1.82) is 0 Å². The number of ether oxygens (including phenoxy) is 1. The molecule has 1 atom stereocenters. The van der Waals surface area contributed by atoms with Crippen LogP contribution in [0, 0.1) is 5.41 Å². The molecule has 19 heavy (non-hydrogen) atoms. The molecule has 1 amide bonds. The lowest BCUT2D eigenvalue weighted by Gasteiger charge is -2.31. The van der Waals surface area contributed by atoms with Gasteiger partial charge in [-0.1, -0.05) is 32.9 Å². The van der Waals surface area contributed by atoms with E-state index in [-0.39, 0.29) is 11.3 Å². The van der Waals surface area contributed by atoms with Gasteiger partial charge < -0.3 is 15.4 Å². The summed E-state index contributed by atoms with van der Waals surface area (Å²) in [5.74, 6) is 0.722. The van der Waals surface area contributed by atoms with Crippen LogP contribution in [0.25, 0.3) is 0 Å². The third kappa shape index (κ3) is 2.89. The molecule has 0 spiro atoms. The van der Waals surface area contributed by atoms with Gasteiger partial charge in [-0.15, -0.1) is 0 Å². The molecule has 1 aromatic rings. The fourth-order valence-electron chi connectivity index (χ4n) is 2.09. The molecule has 4 nitrogen and oxygen atoms in total. The van der Waals surface area contributed by atoms with Gasteiger partial charge in [-0.25, -0.2) is 0 Å². The number of para-hydroxylation sites is 2. The normalized spacial score (nSPS) is 17.2. The average molecular weight is 262 g/mol. The van der Waals surface area contributed by atoms with Crippen LogP contribution < -0.4 is 15.4 Å². The molecule has 0 fully saturated rings. The minimum atomic E-state index is -0.515. The summed E-state index contributed by atoms with van der Waals surface area (Å²) in [6, 6.07) is 7.11. The lowest BCUT2D eigenvalue weighted by Crippen LogP contribution is -2.50. The molecule has 2 N–H and O–H groups in total. The van der Waals surface area contributed by atoms with Gasteiger partial charge in [0.1, 0.15) is 5.75 Å². The summed E-state index contributed by atoms with van der Waals surface area (Å²) in [7, 11) is 0. The van der Waals surface area contributed by atoms with Crippen LogP contribution in [0.1, 0.15) is 27.2 Å². The Hall–Kier alpha value is -1.55. The number of benzene rings is 1. The summed E-state index contributed by atoms with van der Waals surface area (Å²) in [6.45, 7) is 7.23. The van der Waals surface area contributed by atoms with Crippen LogP contribution in [0.2, 0.25) is 0 Å². The molecule has 0 aliphatic carbocycles. The number of nitrogens with two attached hydrogens (primary N) is 1. The van der Waals surface area contributed by atoms with Gasteiger partial charge in [-0.05, 0) is 24.0 Å². The zero-order valence-electron chi connectivity index (χ0n) is 11.8. The number of nitrogens with zero attached hydrogens (tertiary/aromatic N) is 1. The van der Waals surface area contributed by atoms with E-state index in [4.69, 9.17) is 10.5 Å². The molecule has 0 saturated heterocycles. The second kappa shape index (κ2) is 5.21. The van der Waals surface area contributed by atoms with Gasteiger partial charge in [-0.2, -0.15) is 0 Å². The predicted molar refractivity (Wildman–Crippen MR) is 76.3 cm³/mol. The number of carbonyl (C=O) groups excluding carboxylic acids is 1. The molecule has 0 radical (unpaired) electrons. The molecule has 1 unspecified atom stereocenters. The number of hydrogen-bond donors (Lipinski definition) is 1. The Bertz CT molecular complexity index is 465. The van der Waals surface area contributed by atoms with Gasteiger partial charge in [-0.3, -0.25) is 4.79 Å². The molecule has 1 aliphatic heterocycles. The van der Waals surface area contributed by atoms with Crippen molar-refractivity contribution in [2.45, 2.75) is 33.2 Å². The standard InChI is InChI=1S/C15H22N2O2/c1-15(2,3)13(16)14(18)17-9-6-10-19-12-8-5-4-7-11(12)17/h4-5,7-8,13H,6,9-10,16H2,1-3H3. The first kappa shape index (κ1) is 13.9. The Labute approximate surface area is 114 Å². The van der Waals surface area contributed by atoms with Crippen LogP contribution in [0.3, 0.4) is 0 Å². The van der Waals surface area contributed by atoms with Crippen molar-refractivity contribution in [2.75, 3.05) is 18.1 Å².